The van der Waals surface area contributed by atoms with Crippen molar-refractivity contribution in [3.63, 3.8) is 0 Å². The van der Waals surface area contributed by atoms with Gasteiger partial charge in [-0.25, -0.2) is 4.79 Å². The lowest BCUT2D eigenvalue weighted by molar-refractivity contribution is -0.146. The third-order valence-electron chi connectivity index (χ3n) is 3.19. The lowest BCUT2D eigenvalue weighted by Gasteiger charge is -2.21. The first-order valence-electron chi connectivity index (χ1n) is 6.55. The highest BCUT2D eigenvalue weighted by atomic mass is 32.2. The van der Waals surface area contributed by atoms with Gasteiger partial charge in [0.2, 0.25) is 11.9 Å². The zero-order valence-corrected chi connectivity index (χ0v) is 13.4. The van der Waals surface area contributed by atoms with Gasteiger partial charge in [-0.3, -0.25) is 9.36 Å². The average Bonchev–Trinajstić information content (AvgIpc) is 2.80. The minimum atomic E-state index is -0.641. The standard InChI is InChI=1S/C12H21N5O3S/c1-5-7(2)9(10(19)20-4)14-8(18)6-21-12-16-15-11(13)17(12)3/h7,9H,5-6H2,1-4H3,(H2,13,15)(H,14,18). The molecule has 0 fully saturated rings. The van der Waals surface area contributed by atoms with Crippen LogP contribution in [-0.2, 0) is 21.4 Å². The van der Waals surface area contributed by atoms with Crippen molar-refractivity contribution in [1.29, 1.82) is 0 Å². The first kappa shape index (κ1) is 17.3. The Hall–Kier alpha value is -1.77. The summed E-state index contributed by atoms with van der Waals surface area (Å²) in [5.41, 5.74) is 5.56. The number of anilines is 1. The summed E-state index contributed by atoms with van der Waals surface area (Å²) in [6, 6.07) is -0.641. The average molecular weight is 315 g/mol. The van der Waals surface area contributed by atoms with Crippen molar-refractivity contribution in [3.8, 4) is 0 Å². The number of thioether (sulfide) groups is 1. The van der Waals surface area contributed by atoms with Crippen LogP contribution in [0.5, 0.6) is 0 Å². The Labute approximate surface area is 127 Å². The van der Waals surface area contributed by atoms with Crippen molar-refractivity contribution in [2.24, 2.45) is 13.0 Å². The molecule has 9 heteroatoms. The van der Waals surface area contributed by atoms with E-state index in [0.717, 1.165) is 6.42 Å². The first-order chi connectivity index (χ1) is 9.90. The summed E-state index contributed by atoms with van der Waals surface area (Å²) in [5.74, 6) is -0.305. The summed E-state index contributed by atoms with van der Waals surface area (Å²) in [6.45, 7) is 3.84. The highest BCUT2D eigenvalue weighted by Crippen LogP contribution is 2.16. The van der Waals surface area contributed by atoms with E-state index in [-0.39, 0.29) is 23.5 Å². The third kappa shape index (κ3) is 4.62. The van der Waals surface area contributed by atoms with E-state index in [1.807, 2.05) is 13.8 Å². The molecule has 0 aromatic carbocycles. The summed E-state index contributed by atoms with van der Waals surface area (Å²) < 4.78 is 6.31. The van der Waals surface area contributed by atoms with Gasteiger partial charge in [-0.1, -0.05) is 32.0 Å². The summed E-state index contributed by atoms with van der Waals surface area (Å²) in [6.07, 6.45) is 0.757. The number of nitrogens with zero attached hydrogens (tertiary/aromatic N) is 3. The molecule has 2 atom stereocenters. The normalized spacial score (nSPS) is 13.5. The Morgan fingerprint density at radius 2 is 2.14 bits per heavy atom. The SMILES string of the molecule is CCC(C)C(NC(=O)CSc1nnc(N)n1C)C(=O)OC. The molecule has 0 aliphatic carbocycles. The maximum absolute atomic E-state index is 12.0. The van der Waals surface area contributed by atoms with Crippen LogP contribution in [-0.4, -0.2) is 45.5 Å². The number of aromatic nitrogens is 3. The van der Waals surface area contributed by atoms with Gasteiger partial charge in [0.15, 0.2) is 5.16 Å². The minimum Gasteiger partial charge on any atom is -0.467 e. The number of amides is 1. The zero-order valence-electron chi connectivity index (χ0n) is 12.6. The second kappa shape index (κ2) is 7.87. The van der Waals surface area contributed by atoms with Crippen molar-refractivity contribution in [1.82, 2.24) is 20.1 Å². The zero-order chi connectivity index (χ0) is 16.0. The van der Waals surface area contributed by atoms with E-state index in [1.165, 1.54) is 18.9 Å². The molecule has 0 saturated carbocycles. The second-order valence-corrected chi connectivity index (χ2v) is 5.58. The van der Waals surface area contributed by atoms with Crippen molar-refractivity contribution in [2.45, 2.75) is 31.5 Å². The molecule has 21 heavy (non-hydrogen) atoms. The van der Waals surface area contributed by atoms with Gasteiger partial charge in [0.05, 0.1) is 12.9 Å². The number of nitrogens with two attached hydrogens (primary N) is 1. The highest BCUT2D eigenvalue weighted by Gasteiger charge is 2.26. The number of esters is 1. The van der Waals surface area contributed by atoms with Crippen LogP contribution in [0.2, 0.25) is 0 Å². The van der Waals surface area contributed by atoms with Gasteiger partial charge in [-0.2, -0.15) is 0 Å². The lowest BCUT2D eigenvalue weighted by Crippen LogP contribution is -2.46. The molecule has 8 nitrogen and oxygen atoms in total. The lowest BCUT2D eigenvalue weighted by atomic mass is 9.99. The molecule has 0 aliphatic heterocycles. The second-order valence-electron chi connectivity index (χ2n) is 4.64. The number of hydrogen-bond donors (Lipinski definition) is 2. The smallest absolute Gasteiger partial charge is 0.328 e. The molecule has 0 radical (unpaired) electrons. The maximum atomic E-state index is 12.0. The number of nitrogen functional groups attached to an aromatic ring is 1. The monoisotopic (exact) mass is 315 g/mol. The third-order valence-corrected chi connectivity index (χ3v) is 4.21. The largest absolute Gasteiger partial charge is 0.467 e. The van der Waals surface area contributed by atoms with Crippen LogP contribution in [0.25, 0.3) is 0 Å². The first-order valence-corrected chi connectivity index (χ1v) is 7.54. The topological polar surface area (TPSA) is 112 Å². The fourth-order valence-electron chi connectivity index (χ4n) is 1.59. The summed E-state index contributed by atoms with van der Waals surface area (Å²) >= 11 is 1.20. The van der Waals surface area contributed by atoms with Gasteiger partial charge in [0.1, 0.15) is 6.04 Å². The fraction of sp³-hybridized carbons (Fsp3) is 0.667. The van der Waals surface area contributed by atoms with Crippen LogP contribution >= 0.6 is 11.8 Å². The molecule has 0 aliphatic rings. The number of carbonyl (C=O) groups excluding carboxylic acids is 2. The Bertz CT molecular complexity index is 505. The van der Waals surface area contributed by atoms with E-state index in [1.54, 1.807) is 11.6 Å². The number of carbonyl (C=O) groups is 2. The molecule has 3 N–H and O–H groups in total. The van der Waals surface area contributed by atoms with E-state index in [2.05, 4.69) is 15.5 Å². The minimum absolute atomic E-state index is 0.00290. The Morgan fingerprint density at radius 3 is 2.62 bits per heavy atom. The van der Waals surface area contributed by atoms with Crippen LogP contribution < -0.4 is 11.1 Å². The van der Waals surface area contributed by atoms with Gasteiger partial charge >= 0.3 is 5.97 Å². The van der Waals surface area contributed by atoms with Gasteiger partial charge in [-0.15, -0.1) is 10.2 Å². The Kier molecular flexibility index (Phi) is 6.47. The van der Waals surface area contributed by atoms with Crippen molar-refractivity contribution < 1.29 is 14.3 Å². The summed E-state index contributed by atoms with van der Waals surface area (Å²) in [5, 5.41) is 10.8. The van der Waals surface area contributed by atoms with E-state index in [0.29, 0.717) is 5.16 Å². The Morgan fingerprint density at radius 1 is 1.48 bits per heavy atom. The van der Waals surface area contributed by atoms with Crippen LogP contribution in [0.1, 0.15) is 20.3 Å². The van der Waals surface area contributed by atoms with Crippen LogP contribution in [0.3, 0.4) is 0 Å². The van der Waals surface area contributed by atoms with Gasteiger partial charge in [0, 0.05) is 7.05 Å². The number of hydrogen-bond acceptors (Lipinski definition) is 7. The highest BCUT2D eigenvalue weighted by molar-refractivity contribution is 7.99. The predicted molar refractivity (Wildman–Crippen MR) is 79.5 cm³/mol. The van der Waals surface area contributed by atoms with Crippen LogP contribution in [0.4, 0.5) is 5.95 Å². The van der Waals surface area contributed by atoms with Crippen molar-refractivity contribution in [3.05, 3.63) is 0 Å². The maximum Gasteiger partial charge on any atom is 0.328 e. The van der Waals surface area contributed by atoms with Crippen molar-refractivity contribution in [2.75, 3.05) is 18.6 Å². The molecular weight excluding hydrogens is 294 g/mol. The molecule has 1 aromatic heterocycles. The molecule has 0 spiro atoms. The molecule has 1 amide bonds. The quantitative estimate of drug-likeness (QED) is 0.545. The molecule has 0 saturated heterocycles. The van der Waals surface area contributed by atoms with Crippen LogP contribution in [0, 0.1) is 5.92 Å². The van der Waals surface area contributed by atoms with Gasteiger partial charge in [0.25, 0.3) is 0 Å². The van der Waals surface area contributed by atoms with E-state index in [9.17, 15) is 9.59 Å². The van der Waals surface area contributed by atoms with E-state index >= 15 is 0 Å². The molecule has 1 heterocycles. The van der Waals surface area contributed by atoms with Gasteiger partial charge < -0.3 is 15.8 Å². The summed E-state index contributed by atoms with van der Waals surface area (Å²) in [7, 11) is 3.02. The molecular formula is C12H21N5O3S. The van der Waals surface area contributed by atoms with Gasteiger partial charge in [-0.05, 0) is 5.92 Å². The molecule has 2 unspecified atom stereocenters. The molecule has 0 bridgehead atoms. The van der Waals surface area contributed by atoms with E-state index < -0.39 is 12.0 Å². The molecule has 118 valence electrons. The fourth-order valence-corrected chi connectivity index (χ4v) is 2.32. The van der Waals surface area contributed by atoms with Crippen LogP contribution in [0.15, 0.2) is 5.16 Å². The summed E-state index contributed by atoms with van der Waals surface area (Å²) in [4.78, 5) is 23.7. The number of methoxy groups -OCH3 is 1. The molecule has 1 aromatic rings. The van der Waals surface area contributed by atoms with E-state index in [4.69, 9.17) is 10.5 Å². The number of ether oxygens (including phenoxy) is 1. The predicted octanol–water partition coefficient (Wildman–Crippen LogP) is 0.193. The molecule has 1 rings (SSSR count). The Balaban J connectivity index is 2.58. The number of nitrogens with one attached hydrogen (secondary N) is 1. The van der Waals surface area contributed by atoms with Crippen molar-refractivity contribution >= 4 is 29.6 Å². The number of rotatable bonds is 7.